The van der Waals surface area contributed by atoms with Crippen LogP contribution in [0.3, 0.4) is 0 Å². The number of phenolic OH excluding ortho intramolecular Hbond substituents is 1. The topological polar surface area (TPSA) is 66.8 Å². The number of carbonyl (C=O) groups is 1. The first-order chi connectivity index (χ1) is 9.61. The molecule has 0 saturated carbocycles. The zero-order valence-electron chi connectivity index (χ0n) is 10.9. The summed E-state index contributed by atoms with van der Waals surface area (Å²) in [6.07, 6.45) is 1.50. The van der Waals surface area contributed by atoms with Gasteiger partial charge in [-0.3, -0.25) is 0 Å². The molecule has 0 radical (unpaired) electrons. The average Bonchev–Trinajstić information content (AvgIpc) is 2.44. The van der Waals surface area contributed by atoms with Gasteiger partial charge in [0.25, 0.3) is 0 Å². The lowest BCUT2D eigenvalue weighted by atomic mass is 10.0. The molecule has 0 heterocycles. The summed E-state index contributed by atoms with van der Waals surface area (Å²) in [5.74, 6) is -0.484. The molecule has 4 nitrogen and oxygen atoms in total. The Balaban J connectivity index is 2.54. The number of carboxylic acids is 1. The van der Waals surface area contributed by atoms with Crippen molar-refractivity contribution < 1.29 is 19.7 Å². The van der Waals surface area contributed by atoms with Gasteiger partial charge in [-0.2, -0.15) is 0 Å². The van der Waals surface area contributed by atoms with Crippen molar-refractivity contribution in [3.63, 3.8) is 0 Å². The Hall–Kier alpha value is -2.75. The molecule has 4 heteroatoms. The van der Waals surface area contributed by atoms with Gasteiger partial charge in [-0.15, -0.1) is 0 Å². The molecule has 0 bridgehead atoms. The molecule has 0 unspecified atom stereocenters. The van der Waals surface area contributed by atoms with Crippen LogP contribution in [0.2, 0.25) is 0 Å². The van der Waals surface area contributed by atoms with Crippen molar-refractivity contribution in [1.29, 1.82) is 0 Å². The second-order valence-corrected chi connectivity index (χ2v) is 4.16. The van der Waals surface area contributed by atoms with E-state index in [2.05, 4.69) is 0 Å². The summed E-state index contributed by atoms with van der Waals surface area (Å²) in [6.45, 7) is 0. The fraction of sp³-hybridized carbons (Fsp3) is 0.0625. The Morgan fingerprint density at radius 2 is 1.90 bits per heavy atom. The van der Waals surface area contributed by atoms with Crippen molar-refractivity contribution >= 4 is 17.6 Å². The standard InChI is InChI=1S/C16H14O4/c1-20-15-8-3-2-7-13(15)14(16(18)19)10-11-5-4-6-12(17)9-11/h2-10,17H,1H3,(H,18,19)/b14-10-. The van der Waals surface area contributed by atoms with Crippen LogP contribution in [0, 0.1) is 0 Å². The van der Waals surface area contributed by atoms with Crippen LogP contribution in [0.1, 0.15) is 11.1 Å². The molecular weight excluding hydrogens is 256 g/mol. The predicted molar refractivity (Wildman–Crippen MR) is 76.6 cm³/mol. The zero-order valence-corrected chi connectivity index (χ0v) is 10.9. The van der Waals surface area contributed by atoms with E-state index in [1.165, 1.54) is 25.3 Å². The minimum atomic E-state index is -1.06. The highest BCUT2D eigenvalue weighted by atomic mass is 16.5. The number of phenols is 1. The Labute approximate surface area is 116 Å². The average molecular weight is 270 g/mol. The highest BCUT2D eigenvalue weighted by molar-refractivity contribution is 6.21. The van der Waals surface area contributed by atoms with Crippen molar-refractivity contribution in [3.8, 4) is 11.5 Å². The van der Waals surface area contributed by atoms with Crippen LogP contribution in [0.25, 0.3) is 11.6 Å². The molecule has 102 valence electrons. The third-order valence-electron chi connectivity index (χ3n) is 2.81. The van der Waals surface area contributed by atoms with E-state index in [1.807, 2.05) is 0 Å². The molecule has 2 rings (SSSR count). The predicted octanol–water partition coefficient (Wildman–Crippen LogP) is 3.03. The van der Waals surface area contributed by atoms with Gasteiger partial charge in [0.05, 0.1) is 12.7 Å². The second-order valence-electron chi connectivity index (χ2n) is 4.16. The number of ether oxygens (including phenoxy) is 1. The number of hydrogen-bond acceptors (Lipinski definition) is 3. The lowest BCUT2D eigenvalue weighted by Gasteiger charge is -2.09. The van der Waals surface area contributed by atoms with Crippen molar-refractivity contribution in [2.45, 2.75) is 0 Å². The highest BCUT2D eigenvalue weighted by Crippen LogP contribution is 2.28. The van der Waals surface area contributed by atoms with E-state index in [9.17, 15) is 15.0 Å². The van der Waals surface area contributed by atoms with E-state index in [-0.39, 0.29) is 11.3 Å². The Bertz CT molecular complexity index is 659. The molecule has 0 aliphatic heterocycles. The van der Waals surface area contributed by atoms with Crippen LogP contribution >= 0.6 is 0 Å². The van der Waals surface area contributed by atoms with Gasteiger partial charge in [-0.25, -0.2) is 4.79 Å². The molecule has 0 spiro atoms. The lowest BCUT2D eigenvalue weighted by Crippen LogP contribution is -2.01. The number of carboxylic acid groups (broad SMARTS) is 1. The molecule has 0 amide bonds. The van der Waals surface area contributed by atoms with Gasteiger partial charge in [-0.05, 0) is 29.8 Å². The van der Waals surface area contributed by atoms with Crippen LogP contribution in [-0.2, 0) is 4.79 Å². The summed E-state index contributed by atoms with van der Waals surface area (Å²) in [5.41, 5.74) is 1.20. The molecule has 2 aromatic rings. The molecule has 0 aliphatic carbocycles. The fourth-order valence-electron chi connectivity index (χ4n) is 1.90. The Morgan fingerprint density at radius 1 is 1.15 bits per heavy atom. The molecule has 0 aliphatic rings. The van der Waals surface area contributed by atoms with Gasteiger partial charge in [-0.1, -0.05) is 30.3 Å². The summed E-state index contributed by atoms with van der Waals surface area (Å²) in [5, 5.41) is 18.8. The molecular formula is C16H14O4. The number of aliphatic carboxylic acids is 1. The van der Waals surface area contributed by atoms with Crippen LogP contribution in [0.15, 0.2) is 48.5 Å². The number of aromatic hydroxyl groups is 1. The first-order valence-electron chi connectivity index (χ1n) is 5.99. The highest BCUT2D eigenvalue weighted by Gasteiger charge is 2.14. The van der Waals surface area contributed by atoms with Gasteiger partial charge in [0.15, 0.2) is 0 Å². The summed E-state index contributed by atoms with van der Waals surface area (Å²) in [6, 6.07) is 13.3. The monoisotopic (exact) mass is 270 g/mol. The minimum absolute atomic E-state index is 0.0866. The van der Waals surface area contributed by atoms with Gasteiger partial charge in [0, 0.05) is 5.56 Å². The van der Waals surface area contributed by atoms with Crippen molar-refractivity contribution in [2.75, 3.05) is 7.11 Å². The fourth-order valence-corrected chi connectivity index (χ4v) is 1.90. The second kappa shape index (κ2) is 5.93. The molecule has 20 heavy (non-hydrogen) atoms. The van der Waals surface area contributed by atoms with Gasteiger partial charge < -0.3 is 14.9 Å². The zero-order chi connectivity index (χ0) is 14.5. The lowest BCUT2D eigenvalue weighted by molar-refractivity contribution is -0.130. The maximum absolute atomic E-state index is 11.5. The minimum Gasteiger partial charge on any atom is -0.508 e. The van der Waals surface area contributed by atoms with Crippen LogP contribution in [0.5, 0.6) is 11.5 Å². The summed E-state index contributed by atoms with van der Waals surface area (Å²) in [4.78, 5) is 11.5. The number of hydrogen-bond donors (Lipinski definition) is 2. The number of methoxy groups -OCH3 is 1. The summed E-state index contributed by atoms with van der Waals surface area (Å²) >= 11 is 0. The number of rotatable bonds is 4. The molecule has 0 saturated heterocycles. The van der Waals surface area contributed by atoms with Gasteiger partial charge in [0.1, 0.15) is 11.5 Å². The van der Waals surface area contributed by atoms with Crippen molar-refractivity contribution in [2.24, 2.45) is 0 Å². The van der Waals surface area contributed by atoms with Crippen LogP contribution < -0.4 is 4.74 Å². The SMILES string of the molecule is COc1ccccc1/C(=C/c1cccc(O)c1)C(=O)O. The number of para-hydroxylation sites is 1. The summed E-state index contributed by atoms with van der Waals surface area (Å²) in [7, 11) is 1.49. The Kier molecular flexibility index (Phi) is 4.05. The first-order valence-corrected chi connectivity index (χ1v) is 5.99. The first kappa shape index (κ1) is 13.7. The summed E-state index contributed by atoms with van der Waals surface area (Å²) < 4.78 is 5.18. The third kappa shape index (κ3) is 2.98. The van der Waals surface area contributed by atoms with E-state index >= 15 is 0 Å². The smallest absolute Gasteiger partial charge is 0.336 e. The third-order valence-corrected chi connectivity index (χ3v) is 2.81. The molecule has 0 atom stereocenters. The van der Waals surface area contributed by atoms with E-state index in [1.54, 1.807) is 36.4 Å². The molecule has 2 N–H and O–H groups in total. The largest absolute Gasteiger partial charge is 0.508 e. The van der Waals surface area contributed by atoms with E-state index < -0.39 is 5.97 Å². The molecule has 2 aromatic carbocycles. The normalized spacial score (nSPS) is 11.2. The number of benzene rings is 2. The Morgan fingerprint density at radius 3 is 2.55 bits per heavy atom. The van der Waals surface area contributed by atoms with Crippen LogP contribution in [-0.4, -0.2) is 23.3 Å². The van der Waals surface area contributed by atoms with Crippen molar-refractivity contribution in [1.82, 2.24) is 0 Å². The maximum atomic E-state index is 11.5. The molecule has 0 fully saturated rings. The van der Waals surface area contributed by atoms with E-state index in [0.717, 1.165) is 0 Å². The quantitative estimate of drug-likeness (QED) is 0.662. The van der Waals surface area contributed by atoms with Crippen molar-refractivity contribution in [3.05, 3.63) is 59.7 Å². The molecule has 0 aromatic heterocycles. The van der Waals surface area contributed by atoms with E-state index in [0.29, 0.717) is 16.9 Å². The van der Waals surface area contributed by atoms with E-state index in [4.69, 9.17) is 4.74 Å². The van der Waals surface area contributed by atoms with Gasteiger partial charge in [0.2, 0.25) is 0 Å². The maximum Gasteiger partial charge on any atom is 0.336 e. The van der Waals surface area contributed by atoms with Crippen LogP contribution in [0.4, 0.5) is 0 Å². The van der Waals surface area contributed by atoms with Gasteiger partial charge >= 0.3 is 5.97 Å².